The summed E-state index contributed by atoms with van der Waals surface area (Å²) >= 11 is 0. The van der Waals surface area contributed by atoms with Gasteiger partial charge in [0.15, 0.2) is 0 Å². The van der Waals surface area contributed by atoms with Crippen LogP contribution in [-0.4, -0.2) is 0 Å². The zero-order chi connectivity index (χ0) is 30.5. The second kappa shape index (κ2) is 10.9. The number of fused-ring (bicyclic) bond motifs is 4. The fourth-order valence-corrected chi connectivity index (χ4v) is 7.35. The fourth-order valence-electron chi connectivity index (χ4n) is 7.35. The average Bonchev–Trinajstić information content (AvgIpc) is 3.13. The molecule has 0 heterocycles. The van der Waals surface area contributed by atoms with E-state index in [-0.39, 0.29) is 0 Å². The molecule has 0 saturated carbocycles. The molecule has 214 valence electrons. The molecule has 0 spiro atoms. The molecule has 0 radical (unpaired) electrons. The molecule has 0 atom stereocenters. The number of hydrogen-bond acceptors (Lipinski definition) is 0. The van der Waals surface area contributed by atoms with Gasteiger partial charge in [-0.1, -0.05) is 170 Å². The minimum absolute atomic E-state index is 1.22. The van der Waals surface area contributed by atoms with E-state index in [2.05, 4.69) is 182 Å². The highest BCUT2D eigenvalue weighted by molar-refractivity contribution is 6.23. The van der Waals surface area contributed by atoms with Crippen LogP contribution in [0.1, 0.15) is 0 Å². The van der Waals surface area contributed by atoms with Crippen molar-refractivity contribution >= 4 is 43.1 Å². The van der Waals surface area contributed by atoms with E-state index in [1.54, 1.807) is 0 Å². The van der Waals surface area contributed by atoms with Crippen LogP contribution in [0.15, 0.2) is 182 Å². The van der Waals surface area contributed by atoms with Gasteiger partial charge in [-0.2, -0.15) is 0 Å². The van der Waals surface area contributed by atoms with E-state index in [4.69, 9.17) is 0 Å². The lowest BCUT2D eigenvalue weighted by Crippen LogP contribution is -1.94. The van der Waals surface area contributed by atoms with Crippen molar-refractivity contribution in [1.82, 2.24) is 0 Å². The SMILES string of the molecule is c1ccc(-c2c(-c3ccc4ccccc4c3)cccc2-c2c3ccccc3c(-c3ccc4ccccc4c3)c3ccccc23)cc1. The largest absolute Gasteiger partial charge is 0.0622 e. The Morgan fingerprint density at radius 1 is 0.217 bits per heavy atom. The van der Waals surface area contributed by atoms with E-state index >= 15 is 0 Å². The highest BCUT2D eigenvalue weighted by atomic mass is 14.2. The van der Waals surface area contributed by atoms with E-state index in [0.717, 1.165) is 0 Å². The Labute approximate surface area is 268 Å². The first-order valence-electron chi connectivity index (χ1n) is 15.9. The van der Waals surface area contributed by atoms with Crippen LogP contribution >= 0.6 is 0 Å². The van der Waals surface area contributed by atoms with Gasteiger partial charge in [-0.15, -0.1) is 0 Å². The lowest BCUT2D eigenvalue weighted by atomic mass is 9.81. The molecule has 0 unspecified atom stereocenters. The van der Waals surface area contributed by atoms with Gasteiger partial charge in [-0.3, -0.25) is 0 Å². The summed E-state index contributed by atoms with van der Waals surface area (Å²) in [7, 11) is 0. The van der Waals surface area contributed by atoms with Crippen LogP contribution in [0.25, 0.3) is 87.6 Å². The van der Waals surface area contributed by atoms with Gasteiger partial charge < -0.3 is 0 Å². The molecule has 9 aromatic rings. The van der Waals surface area contributed by atoms with Crippen LogP contribution in [0.3, 0.4) is 0 Å². The fraction of sp³-hybridized carbons (Fsp3) is 0. The Kier molecular flexibility index (Phi) is 6.25. The molecule has 0 amide bonds. The van der Waals surface area contributed by atoms with Crippen LogP contribution in [0.5, 0.6) is 0 Å². The van der Waals surface area contributed by atoms with E-state index < -0.39 is 0 Å². The predicted octanol–water partition coefficient (Wildman–Crippen LogP) is 13.0. The molecule has 9 rings (SSSR count). The molecular formula is C46H30. The molecular weight excluding hydrogens is 553 g/mol. The van der Waals surface area contributed by atoms with E-state index in [9.17, 15) is 0 Å². The van der Waals surface area contributed by atoms with Gasteiger partial charge >= 0.3 is 0 Å². The van der Waals surface area contributed by atoms with E-state index in [0.29, 0.717) is 0 Å². The maximum absolute atomic E-state index is 2.35. The van der Waals surface area contributed by atoms with Crippen LogP contribution < -0.4 is 0 Å². The first-order valence-corrected chi connectivity index (χ1v) is 15.9. The summed E-state index contributed by atoms with van der Waals surface area (Å²) in [5, 5.41) is 10.1. The van der Waals surface area contributed by atoms with Crippen LogP contribution in [0, 0.1) is 0 Å². The van der Waals surface area contributed by atoms with E-state index in [1.807, 2.05) is 0 Å². The highest BCUT2D eigenvalue weighted by Crippen LogP contribution is 2.48. The summed E-state index contributed by atoms with van der Waals surface area (Å²) in [4.78, 5) is 0. The van der Waals surface area contributed by atoms with Gasteiger partial charge in [0.25, 0.3) is 0 Å². The Morgan fingerprint density at radius 3 is 1.28 bits per heavy atom. The zero-order valence-electron chi connectivity index (χ0n) is 25.3. The lowest BCUT2D eigenvalue weighted by molar-refractivity contribution is 1.58. The third-order valence-corrected chi connectivity index (χ3v) is 9.43. The van der Waals surface area contributed by atoms with Crippen molar-refractivity contribution in [3.05, 3.63) is 182 Å². The van der Waals surface area contributed by atoms with Gasteiger partial charge in [0.1, 0.15) is 0 Å². The van der Waals surface area contributed by atoms with Crippen LogP contribution in [-0.2, 0) is 0 Å². The summed E-state index contributed by atoms with van der Waals surface area (Å²) in [6, 6.07) is 66.6. The molecule has 46 heavy (non-hydrogen) atoms. The summed E-state index contributed by atoms with van der Waals surface area (Å²) in [5.41, 5.74) is 9.98. The second-order valence-electron chi connectivity index (χ2n) is 12.1. The van der Waals surface area contributed by atoms with Crippen molar-refractivity contribution in [3.63, 3.8) is 0 Å². The standard InChI is InChI=1S/C46H30/c1-2-15-33(16-3-1)44-38(36-27-25-31-13-4-6-17-34(31)29-36)23-12-24-43(44)46-41-21-10-8-19-39(41)45(40-20-9-11-22-42(40)46)37-28-26-32-14-5-7-18-35(32)30-37/h1-30H. The second-order valence-corrected chi connectivity index (χ2v) is 12.1. The lowest BCUT2D eigenvalue weighted by Gasteiger charge is -2.22. The van der Waals surface area contributed by atoms with Gasteiger partial charge in [-0.25, -0.2) is 0 Å². The summed E-state index contributed by atoms with van der Waals surface area (Å²) < 4.78 is 0. The first-order chi connectivity index (χ1) is 22.8. The Bertz CT molecular complexity index is 2520. The molecule has 0 fully saturated rings. The first kappa shape index (κ1) is 26.4. The topological polar surface area (TPSA) is 0 Å². The van der Waals surface area contributed by atoms with Crippen molar-refractivity contribution in [2.75, 3.05) is 0 Å². The summed E-state index contributed by atoms with van der Waals surface area (Å²) in [6.45, 7) is 0. The smallest absolute Gasteiger partial charge is 0.00199 e. The van der Waals surface area contributed by atoms with Crippen molar-refractivity contribution < 1.29 is 0 Å². The van der Waals surface area contributed by atoms with Gasteiger partial charge in [-0.05, 0) is 99.7 Å². The number of benzene rings is 9. The normalized spacial score (nSPS) is 11.5. The molecule has 0 aliphatic heterocycles. The highest BCUT2D eigenvalue weighted by Gasteiger charge is 2.21. The molecule has 0 N–H and O–H groups in total. The minimum atomic E-state index is 1.22. The quantitative estimate of drug-likeness (QED) is 0.181. The van der Waals surface area contributed by atoms with Gasteiger partial charge in [0.2, 0.25) is 0 Å². The molecule has 0 saturated heterocycles. The molecule has 9 aromatic carbocycles. The van der Waals surface area contributed by atoms with Crippen LogP contribution in [0.4, 0.5) is 0 Å². The third kappa shape index (κ3) is 4.30. The maximum Gasteiger partial charge on any atom is -0.00199 e. The number of hydrogen-bond donors (Lipinski definition) is 0. The van der Waals surface area contributed by atoms with Crippen molar-refractivity contribution in [3.8, 4) is 44.5 Å². The van der Waals surface area contributed by atoms with Gasteiger partial charge in [0.05, 0.1) is 0 Å². The Hall–Kier alpha value is -5.98. The molecule has 0 bridgehead atoms. The van der Waals surface area contributed by atoms with Crippen molar-refractivity contribution in [2.45, 2.75) is 0 Å². The number of rotatable bonds is 4. The summed E-state index contributed by atoms with van der Waals surface area (Å²) in [5.74, 6) is 0. The molecule has 0 heteroatoms. The summed E-state index contributed by atoms with van der Waals surface area (Å²) in [6.07, 6.45) is 0. The van der Waals surface area contributed by atoms with Crippen molar-refractivity contribution in [2.24, 2.45) is 0 Å². The molecule has 0 aliphatic carbocycles. The minimum Gasteiger partial charge on any atom is -0.0622 e. The monoisotopic (exact) mass is 582 g/mol. The molecule has 0 nitrogen and oxygen atoms in total. The van der Waals surface area contributed by atoms with E-state index in [1.165, 1.54) is 87.6 Å². The van der Waals surface area contributed by atoms with Crippen molar-refractivity contribution in [1.29, 1.82) is 0 Å². The average molecular weight is 583 g/mol. The zero-order valence-corrected chi connectivity index (χ0v) is 25.3. The van der Waals surface area contributed by atoms with Crippen LogP contribution in [0.2, 0.25) is 0 Å². The molecule has 0 aromatic heterocycles. The van der Waals surface area contributed by atoms with Gasteiger partial charge in [0, 0.05) is 0 Å². The molecule has 0 aliphatic rings. The Balaban J connectivity index is 1.39. The third-order valence-electron chi connectivity index (χ3n) is 9.43. The maximum atomic E-state index is 2.35. The predicted molar refractivity (Wildman–Crippen MR) is 198 cm³/mol. The Morgan fingerprint density at radius 2 is 0.674 bits per heavy atom.